The second-order valence-corrected chi connectivity index (χ2v) is 7.16. The molecule has 0 amide bonds. The SMILES string of the molecule is C#CC#CC#CC#CC#CC#CC(=O)OC[C@H](COP(=O)([O-])[O-])OC(=O)CCCCCCC.[Na+].[Na+]. The van der Waals surface area contributed by atoms with E-state index in [0.29, 0.717) is 6.42 Å². The zero-order valence-corrected chi connectivity index (χ0v) is 24.9. The summed E-state index contributed by atoms with van der Waals surface area (Å²) in [7, 11) is -5.30. The molecule has 0 saturated heterocycles. The van der Waals surface area contributed by atoms with Crippen molar-refractivity contribution in [2.24, 2.45) is 0 Å². The van der Waals surface area contributed by atoms with Gasteiger partial charge < -0.3 is 28.3 Å². The van der Waals surface area contributed by atoms with Crippen molar-refractivity contribution in [3.63, 3.8) is 0 Å². The summed E-state index contributed by atoms with van der Waals surface area (Å²) in [4.78, 5) is 44.9. The van der Waals surface area contributed by atoms with Gasteiger partial charge in [-0.15, -0.1) is 6.42 Å². The normalized spacial score (nSPS) is 9.20. The van der Waals surface area contributed by atoms with E-state index in [2.05, 4.69) is 70.7 Å². The molecule has 35 heavy (non-hydrogen) atoms. The molecule has 0 N–H and O–H groups in total. The molecule has 0 aromatic carbocycles. The second-order valence-electron chi connectivity index (χ2n) is 6.01. The predicted molar refractivity (Wildman–Crippen MR) is 115 cm³/mol. The van der Waals surface area contributed by atoms with Gasteiger partial charge in [-0.3, -0.25) is 4.79 Å². The van der Waals surface area contributed by atoms with Crippen LogP contribution in [0, 0.1) is 71.5 Å². The number of ether oxygens (including phenoxy) is 2. The van der Waals surface area contributed by atoms with Gasteiger partial charge in [-0.1, -0.05) is 32.6 Å². The number of phosphoric ester groups is 1. The molecular weight excluding hydrogens is 493 g/mol. The van der Waals surface area contributed by atoms with E-state index >= 15 is 0 Å². The molecular formula is C24H21Na2O8P. The van der Waals surface area contributed by atoms with E-state index in [-0.39, 0.29) is 65.5 Å². The third kappa shape index (κ3) is 28.5. The van der Waals surface area contributed by atoms with Crippen LogP contribution >= 0.6 is 7.82 Å². The number of phosphoric acid groups is 1. The zero-order valence-electron chi connectivity index (χ0n) is 20.0. The van der Waals surface area contributed by atoms with E-state index in [1.165, 1.54) is 0 Å². The van der Waals surface area contributed by atoms with Crippen molar-refractivity contribution < 1.29 is 97.1 Å². The van der Waals surface area contributed by atoms with Gasteiger partial charge in [0.15, 0.2) is 6.10 Å². The van der Waals surface area contributed by atoms with Crippen LogP contribution in [0.5, 0.6) is 0 Å². The molecule has 0 unspecified atom stereocenters. The fourth-order valence-corrected chi connectivity index (χ4v) is 2.30. The quantitative estimate of drug-likeness (QED) is 0.0631. The Bertz CT molecular complexity index is 1060. The molecule has 172 valence electrons. The van der Waals surface area contributed by atoms with Gasteiger partial charge in [-0.2, -0.15) is 0 Å². The van der Waals surface area contributed by atoms with Crippen molar-refractivity contribution in [1.82, 2.24) is 0 Å². The summed E-state index contributed by atoms with van der Waals surface area (Å²) in [6.07, 6.45) is 8.22. The smallest absolute Gasteiger partial charge is 0.790 e. The first-order valence-electron chi connectivity index (χ1n) is 9.78. The molecule has 0 aliphatic rings. The van der Waals surface area contributed by atoms with Crippen LogP contribution in [-0.4, -0.2) is 31.3 Å². The molecule has 0 aromatic rings. The molecule has 0 spiro atoms. The van der Waals surface area contributed by atoms with Crippen LogP contribution in [0.3, 0.4) is 0 Å². The minimum absolute atomic E-state index is 0. The number of hydrogen-bond donors (Lipinski definition) is 0. The van der Waals surface area contributed by atoms with Crippen LogP contribution in [0.4, 0.5) is 0 Å². The summed E-state index contributed by atoms with van der Waals surface area (Å²) in [6.45, 7) is 0.720. The van der Waals surface area contributed by atoms with Crippen molar-refractivity contribution in [3.8, 4) is 71.5 Å². The Hall–Kier alpha value is -1.59. The van der Waals surface area contributed by atoms with Crippen molar-refractivity contribution in [2.75, 3.05) is 13.2 Å². The maximum atomic E-state index is 11.9. The molecule has 0 saturated carbocycles. The van der Waals surface area contributed by atoms with Crippen LogP contribution in [0.15, 0.2) is 0 Å². The largest absolute Gasteiger partial charge is 1.00 e. The Morgan fingerprint density at radius 3 is 1.94 bits per heavy atom. The fraction of sp³-hybridized carbons (Fsp3) is 0.417. The minimum Gasteiger partial charge on any atom is -0.790 e. The summed E-state index contributed by atoms with van der Waals surface area (Å²) < 4.78 is 24.6. The Morgan fingerprint density at radius 1 is 0.857 bits per heavy atom. The third-order valence-corrected chi connectivity index (χ3v) is 3.80. The molecule has 0 radical (unpaired) electrons. The standard InChI is InChI=1S/C24H23O8P.2Na/c1-3-5-7-9-10-11-12-13-15-16-18-23(25)30-20-22(21-31-33(27,28)29)32-24(26)19-17-14-8-6-4-2;;/h1,22H,4,6,8,14,17,19-21H2,2H3,(H2,27,28,29);;/q;2*+1/p-2/t22-;;/m1../s1. The van der Waals surface area contributed by atoms with Crippen LogP contribution in [0.1, 0.15) is 45.4 Å². The topological polar surface area (TPSA) is 125 Å². The number of terminal acetylenes is 1. The maximum Gasteiger partial charge on any atom is 1.00 e. The summed E-state index contributed by atoms with van der Waals surface area (Å²) in [5.74, 6) is 23.3. The molecule has 1 atom stereocenters. The molecule has 11 heteroatoms. The molecule has 0 aliphatic heterocycles. The number of carbonyl (C=O) groups is 2. The summed E-state index contributed by atoms with van der Waals surface area (Å²) in [5, 5.41) is 0. The van der Waals surface area contributed by atoms with Crippen LogP contribution in [0.25, 0.3) is 0 Å². The number of rotatable bonds is 12. The van der Waals surface area contributed by atoms with Crippen LogP contribution in [0.2, 0.25) is 0 Å². The fourth-order valence-electron chi connectivity index (χ4n) is 1.95. The molecule has 0 aliphatic carbocycles. The van der Waals surface area contributed by atoms with E-state index in [9.17, 15) is 23.9 Å². The first kappa shape index (κ1) is 37.9. The van der Waals surface area contributed by atoms with Gasteiger partial charge in [0, 0.05) is 12.3 Å². The molecule has 0 rings (SSSR count). The Balaban J connectivity index is -0.00000512. The Labute approximate surface area is 251 Å². The molecule has 0 bridgehead atoms. The van der Waals surface area contributed by atoms with Gasteiger partial charge in [0.05, 0.1) is 14.4 Å². The van der Waals surface area contributed by atoms with Gasteiger partial charge >= 0.3 is 71.1 Å². The molecule has 8 nitrogen and oxygen atoms in total. The average Bonchev–Trinajstić information content (AvgIpc) is 2.76. The second kappa shape index (κ2) is 25.5. The third-order valence-electron chi connectivity index (χ3n) is 3.34. The number of esters is 2. The Morgan fingerprint density at radius 2 is 1.40 bits per heavy atom. The van der Waals surface area contributed by atoms with Gasteiger partial charge in [0.1, 0.15) is 6.61 Å². The predicted octanol–water partition coefficient (Wildman–Crippen LogP) is -5.69. The van der Waals surface area contributed by atoms with E-state index in [0.717, 1.165) is 25.7 Å². The van der Waals surface area contributed by atoms with Crippen molar-refractivity contribution >= 4 is 19.8 Å². The van der Waals surface area contributed by atoms with Crippen LogP contribution in [-0.2, 0) is 28.2 Å². The molecule has 0 heterocycles. The van der Waals surface area contributed by atoms with E-state index < -0.39 is 39.1 Å². The minimum atomic E-state index is -5.30. The van der Waals surface area contributed by atoms with Gasteiger partial charge in [0.2, 0.25) is 0 Å². The monoisotopic (exact) mass is 514 g/mol. The van der Waals surface area contributed by atoms with Crippen molar-refractivity contribution in [2.45, 2.75) is 51.6 Å². The summed E-state index contributed by atoms with van der Waals surface area (Å²) >= 11 is 0. The van der Waals surface area contributed by atoms with Crippen molar-refractivity contribution in [1.29, 1.82) is 0 Å². The zero-order chi connectivity index (χ0) is 24.8. The van der Waals surface area contributed by atoms with Gasteiger partial charge in [-0.05, 0) is 65.6 Å². The van der Waals surface area contributed by atoms with Crippen LogP contribution < -0.4 is 68.9 Å². The first-order chi connectivity index (χ1) is 15.8. The summed E-state index contributed by atoms with van der Waals surface area (Å²) in [5.41, 5.74) is 0. The van der Waals surface area contributed by atoms with E-state index in [1.54, 1.807) is 0 Å². The van der Waals surface area contributed by atoms with Gasteiger partial charge in [0.25, 0.3) is 0 Å². The van der Waals surface area contributed by atoms with E-state index in [1.807, 2.05) is 5.92 Å². The Kier molecular flexibility index (Phi) is 27.7. The summed E-state index contributed by atoms with van der Waals surface area (Å²) in [6, 6.07) is 0. The molecule has 0 aromatic heterocycles. The first-order valence-corrected chi connectivity index (χ1v) is 11.2. The number of carbonyl (C=O) groups excluding carboxylic acids is 2. The van der Waals surface area contributed by atoms with Gasteiger partial charge in [-0.25, -0.2) is 4.79 Å². The molecule has 0 fully saturated rings. The average molecular weight is 514 g/mol. The van der Waals surface area contributed by atoms with Crippen molar-refractivity contribution in [3.05, 3.63) is 0 Å². The van der Waals surface area contributed by atoms with E-state index in [4.69, 9.17) is 15.9 Å². The maximum absolute atomic E-state index is 11.9. The number of hydrogen-bond acceptors (Lipinski definition) is 8. The number of unbranched alkanes of at least 4 members (excludes halogenated alkanes) is 4.